The first kappa shape index (κ1) is 16.3. The molecule has 0 aliphatic rings. The van der Waals surface area contributed by atoms with Gasteiger partial charge < -0.3 is 9.73 Å². The number of aryl methyl sites for hydroxylation is 3. The van der Waals surface area contributed by atoms with Crippen LogP contribution < -0.4 is 5.32 Å². The molecule has 0 radical (unpaired) electrons. The van der Waals surface area contributed by atoms with E-state index in [9.17, 15) is 0 Å². The summed E-state index contributed by atoms with van der Waals surface area (Å²) in [5.74, 6) is 2.11. The van der Waals surface area contributed by atoms with Crippen LogP contribution in [-0.4, -0.2) is 6.54 Å². The summed E-state index contributed by atoms with van der Waals surface area (Å²) in [7, 11) is 0. The maximum Gasteiger partial charge on any atom is 0.106 e. The van der Waals surface area contributed by atoms with Crippen LogP contribution in [0.4, 0.5) is 0 Å². The van der Waals surface area contributed by atoms with Crippen LogP contribution in [0.3, 0.4) is 0 Å². The third-order valence-electron chi connectivity index (χ3n) is 4.08. The zero-order valence-corrected chi connectivity index (χ0v) is 14.7. The van der Waals surface area contributed by atoms with E-state index in [0.717, 1.165) is 37.3 Å². The second kappa shape index (κ2) is 7.28. The van der Waals surface area contributed by atoms with Gasteiger partial charge in [0.05, 0.1) is 0 Å². The summed E-state index contributed by atoms with van der Waals surface area (Å²) in [6.07, 6.45) is 3.32. The second-order valence-corrected chi connectivity index (χ2v) is 6.94. The summed E-state index contributed by atoms with van der Waals surface area (Å²) >= 11 is 1.94. The van der Waals surface area contributed by atoms with Crippen LogP contribution in [0.15, 0.2) is 16.5 Å². The van der Waals surface area contributed by atoms with Crippen molar-refractivity contribution in [3.05, 3.63) is 44.5 Å². The van der Waals surface area contributed by atoms with Crippen molar-refractivity contribution >= 4 is 11.3 Å². The molecule has 0 fully saturated rings. The third kappa shape index (κ3) is 3.78. The van der Waals surface area contributed by atoms with Gasteiger partial charge in [-0.2, -0.15) is 0 Å². The number of hydrogen-bond donors (Lipinski definition) is 1. The van der Waals surface area contributed by atoms with Crippen molar-refractivity contribution in [3.63, 3.8) is 0 Å². The van der Waals surface area contributed by atoms with E-state index in [0.29, 0.717) is 6.04 Å². The summed E-state index contributed by atoms with van der Waals surface area (Å²) in [6.45, 7) is 11.8. The van der Waals surface area contributed by atoms with E-state index in [1.165, 1.54) is 20.9 Å². The predicted octanol–water partition coefficient (Wildman–Crippen LogP) is 5.11. The normalized spacial score (nSPS) is 12.8. The average molecular weight is 305 g/mol. The van der Waals surface area contributed by atoms with E-state index in [-0.39, 0.29) is 0 Å². The number of furan rings is 1. The fraction of sp³-hybridized carbons (Fsp3) is 0.556. The number of thiophene rings is 1. The van der Waals surface area contributed by atoms with Gasteiger partial charge in [0.15, 0.2) is 0 Å². The number of hydrogen-bond acceptors (Lipinski definition) is 3. The van der Waals surface area contributed by atoms with E-state index in [2.05, 4.69) is 52.1 Å². The summed E-state index contributed by atoms with van der Waals surface area (Å²) in [6, 6.07) is 4.89. The molecule has 0 bridgehead atoms. The van der Waals surface area contributed by atoms with Crippen LogP contribution in [0, 0.1) is 20.8 Å². The largest absolute Gasteiger partial charge is 0.466 e. The molecule has 3 heteroatoms. The van der Waals surface area contributed by atoms with Crippen molar-refractivity contribution in [1.29, 1.82) is 0 Å². The van der Waals surface area contributed by atoms with Crippen molar-refractivity contribution in [1.82, 2.24) is 5.32 Å². The van der Waals surface area contributed by atoms with Crippen molar-refractivity contribution in [2.45, 2.75) is 59.9 Å². The fourth-order valence-corrected chi connectivity index (χ4v) is 3.84. The van der Waals surface area contributed by atoms with Crippen LogP contribution in [0.5, 0.6) is 0 Å². The minimum absolute atomic E-state index is 0.353. The molecule has 2 aromatic rings. The number of nitrogens with one attached hydrogen (secondary N) is 1. The van der Waals surface area contributed by atoms with Gasteiger partial charge in [-0.3, -0.25) is 0 Å². The molecule has 2 heterocycles. The monoisotopic (exact) mass is 305 g/mol. The second-order valence-electron chi connectivity index (χ2n) is 5.69. The molecule has 0 spiro atoms. The Morgan fingerprint density at radius 2 is 1.81 bits per heavy atom. The lowest BCUT2D eigenvalue weighted by Gasteiger charge is -2.18. The minimum Gasteiger partial charge on any atom is -0.466 e. The zero-order chi connectivity index (χ0) is 15.4. The number of rotatable bonds is 7. The fourth-order valence-electron chi connectivity index (χ4n) is 2.84. The van der Waals surface area contributed by atoms with Gasteiger partial charge in [-0.1, -0.05) is 13.8 Å². The Kier molecular flexibility index (Phi) is 5.65. The molecule has 1 N–H and O–H groups in total. The molecule has 0 aromatic carbocycles. The highest BCUT2D eigenvalue weighted by molar-refractivity contribution is 7.11. The van der Waals surface area contributed by atoms with Gasteiger partial charge >= 0.3 is 0 Å². The van der Waals surface area contributed by atoms with E-state index in [1.54, 1.807) is 0 Å². The summed E-state index contributed by atoms with van der Waals surface area (Å²) < 4.78 is 5.83. The third-order valence-corrected chi connectivity index (χ3v) is 5.33. The molecule has 1 unspecified atom stereocenters. The van der Waals surface area contributed by atoms with Crippen molar-refractivity contribution < 1.29 is 4.42 Å². The first-order chi connectivity index (χ1) is 10.1. The van der Waals surface area contributed by atoms with Crippen molar-refractivity contribution in [2.75, 3.05) is 6.54 Å². The van der Waals surface area contributed by atoms with Gasteiger partial charge in [0.2, 0.25) is 0 Å². The molecular formula is C18H27NOS. The summed E-state index contributed by atoms with van der Waals surface area (Å²) in [4.78, 5) is 2.93. The van der Waals surface area contributed by atoms with Gasteiger partial charge in [-0.25, -0.2) is 0 Å². The van der Waals surface area contributed by atoms with Crippen molar-refractivity contribution in [2.24, 2.45) is 0 Å². The van der Waals surface area contributed by atoms with Crippen LogP contribution in [0.2, 0.25) is 0 Å². The van der Waals surface area contributed by atoms with Crippen LogP contribution in [0.25, 0.3) is 0 Å². The lowest BCUT2D eigenvalue weighted by molar-refractivity contribution is 0.481. The molecule has 2 aromatic heterocycles. The molecule has 2 nitrogen and oxygen atoms in total. The van der Waals surface area contributed by atoms with Crippen LogP contribution in [-0.2, 0) is 12.8 Å². The molecule has 0 aliphatic carbocycles. The van der Waals surface area contributed by atoms with Gasteiger partial charge in [0.1, 0.15) is 11.5 Å². The molecule has 21 heavy (non-hydrogen) atoms. The summed E-state index contributed by atoms with van der Waals surface area (Å²) in [5, 5.41) is 3.70. The van der Waals surface area contributed by atoms with Crippen LogP contribution >= 0.6 is 11.3 Å². The molecule has 0 amide bonds. The van der Waals surface area contributed by atoms with E-state index in [4.69, 9.17) is 4.42 Å². The van der Waals surface area contributed by atoms with Crippen molar-refractivity contribution in [3.8, 4) is 0 Å². The van der Waals surface area contributed by atoms with Crippen LogP contribution in [0.1, 0.15) is 58.7 Å². The molecule has 1 atom stereocenters. The molecule has 0 aliphatic heterocycles. The maximum atomic E-state index is 5.83. The Bertz CT molecular complexity index is 582. The smallest absolute Gasteiger partial charge is 0.106 e. The highest BCUT2D eigenvalue weighted by atomic mass is 32.1. The van der Waals surface area contributed by atoms with Gasteiger partial charge in [0.25, 0.3) is 0 Å². The average Bonchev–Trinajstić information content (AvgIpc) is 3.01. The molecule has 116 valence electrons. The Morgan fingerprint density at radius 1 is 1.10 bits per heavy atom. The minimum atomic E-state index is 0.353. The molecule has 0 saturated heterocycles. The quantitative estimate of drug-likeness (QED) is 0.768. The first-order valence-corrected chi connectivity index (χ1v) is 8.75. The molecular weight excluding hydrogens is 278 g/mol. The highest BCUT2D eigenvalue weighted by Gasteiger charge is 2.21. The van der Waals surface area contributed by atoms with E-state index < -0.39 is 0 Å². The Morgan fingerprint density at radius 3 is 2.33 bits per heavy atom. The SMILES string of the molecule is CCCNC(Cc1ccc(CC)s1)c1c(C)oc(C)c1C. The molecule has 2 rings (SSSR count). The standard InChI is InChI=1S/C18H27NOS/c1-6-10-19-17(11-16-9-8-15(7-2)21-16)18-12(3)13(4)20-14(18)5/h8-9,17,19H,6-7,10-11H2,1-5H3. The lowest BCUT2D eigenvalue weighted by atomic mass is 9.98. The predicted molar refractivity (Wildman–Crippen MR) is 91.4 cm³/mol. The first-order valence-electron chi connectivity index (χ1n) is 7.94. The van der Waals surface area contributed by atoms with Gasteiger partial charge in [-0.15, -0.1) is 11.3 Å². The maximum absolute atomic E-state index is 5.83. The Balaban J connectivity index is 2.25. The Labute approximate surface area is 132 Å². The van der Waals surface area contributed by atoms with E-state index >= 15 is 0 Å². The molecule has 0 saturated carbocycles. The lowest BCUT2D eigenvalue weighted by Crippen LogP contribution is -2.24. The highest BCUT2D eigenvalue weighted by Crippen LogP contribution is 2.31. The van der Waals surface area contributed by atoms with Gasteiger partial charge in [-0.05, 0) is 57.9 Å². The summed E-state index contributed by atoms with van der Waals surface area (Å²) in [5.41, 5.74) is 2.65. The zero-order valence-electron chi connectivity index (χ0n) is 13.9. The topological polar surface area (TPSA) is 25.2 Å². The Hall–Kier alpha value is -1.06. The van der Waals surface area contributed by atoms with E-state index in [1.807, 2.05) is 11.3 Å². The van der Waals surface area contributed by atoms with Gasteiger partial charge in [0, 0.05) is 27.8 Å².